The van der Waals surface area contributed by atoms with Gasteiger partial charge in [-0.3, -0.25) is 14.6 Å². The summed E-state index contributed by atoms with van der Waals surface area (Å²) in [5, 5.41) is 3.32. The molecule has 19 heavy (non-hydrogen) atoms. The molecule has 5 heteroatoms. The number of nitrogens with zero attached hydrogens (tertiary/aromatic N) is 3. The van der Waals surface area contributed by atoms with Crippen LogP contribution in [0.4, 0.5) is 0 Å². The fourth-order valence-electron chi connectivity index (χ4n) is 2.83. The lowest BCUT2D eigenvalue weighted by molar-refractivity contribution is -0.134. The van der Waals surface area contributed by atoms with Crippen molar-refractivity contribution < 1.29 is 4.79 Å². The summed E-state index contributed by atoms with van der Waals surface area (Å²) in [5.41, 5.74) is 0. The third-order valence-corrected chi connectivity index (χ3v) is 4.45. The van der Waals surface area contributed by atoms with E-state index >= 15 is 0 Å². The van der Waals surface area contributed by atoms with Crippen LogP contribution < -0.4 is 5.32 Å². The summed E-state index contributed by atoms with van der Waals surface area (Å²) in [4.78, 5) is 19.1. The van der Waals surface area contributed by atoms with E-state index in [4.69, 9.17) is 0 Å². The van der Waals surface area contributed by atoms with E-state index in [1.807, 2.05) is 4.90 Å². The Balaban J connectivity index is 1.72. The van der Waals surface area contributed by atoms with Crippen LogP contribution in [0.1, 0.15) is 20.3 Å². The second-order valence-electron chi connectivity index (χ2n) is 5.70. The molecule has 1 N–H and O–H groups in total. The third kappa shape index (κ3) is 4.16. The smallest absolute Gasteiger partial charge is 0.236 e. The van der Waals surface area contributed by atoms with Crippen molar-refractivity contribution in [1.29, 1.82) is 0 Å². The molecule has 2 saturated heterocycles. The Morgan fingerprint density at radius 3 is 2.32 bits per heavy atom. The van der Waals surface area contributed by atoms with Gasteiger partial charge in [0.25, 0.3) is 0 Å². The minimum atomic E-state index is 0.311. The highest BCUT2D eigenvalue weighted by Gasteiger charge is 2.24. The number of rotatable bonds is 4. The van der Waals surface area contributed by atoms with Crippen molar-refractivity contribution in [2.45, 2.75) is 26.3 Å². The minimum Gasteiger partial charge on any atom is -0.339 e. The van der Waals surface area contributed by atoms with Crippen molar-refractivity contribution in [2.24, 2.45) is 0 Å². The summed E-state index contributed by atoms with van der Waals surface area (Å²) < 4.78 is 0. The van der Waals surface area contributed by atoms with Gasteiger partial charge in [-0.1, -0.05) is 6.92 Å². The molecule has 0 bridgehead atoms. The average molecular weight is 268 g/mol. The summed E-state index contributed by atoms with van der Waals surface area (Å²) in [6.45, 7) is 13.0. The van der Waals surface area contributed by atoms with Crippen molar-refractivity contribution in [3.05, 3.63) is 0 Å². The Hall–Kier alpha value is -0.650. The summed E-state index contributed by atoms with van der Waals surface area (Å²) in [5.74, 6) is 0.311. The fraction of sp³-hybridized carbons (Fsp3) is 0.929. The van der Waals surface area contributed by atoms with Gasteiger partial charge in [0.1, 0.15) is 0 Å². The zero-order valence-electron chi connectivity index (χ0n) is 12.4. The number of carbonyl (C=O) groups excluding carboxylic acids is 1. The predicted molar refractivity (Wildman–Crippen MR) is 77.2 cm³/mol. The molecule has 1 atom stereocenters. The van der Waals surface area contributed by atoms with Gasteiger partial charge in [0.15, 0.2) is 0 Å². The maximum absolute atomic E-state index is 12.3. The molecule has 2 aliphatic heterocycles. The van der Waals surface area contributed by atoms with Gasteiger partial charge in [0, 0.05) is 58.4 Å². The van der Waals surface area contributed by atoms with E-state index in [-0.39, 0.29) is 0 Å². The number of nitrogens with one attached hydrogen (secondary N) is 1. The molecule has 2 fully saturated rings. The molecule has 2 rings (SSSR count). The molecule has 0 aromatic rings. The van der Waals surface area contributed by atoms with Gasteiger partial charge in [0.05, 0.1) is 6.54 Å². The second-order valence-corrected chi connectivity index (χ2v) is 5.70. The zero-order chi connectivity index (χ0) is 13.7. The molecule has 0 aromatic heterocycles. The summed E-state index contributed by atoms with van der Waals surface area (Å²) in [6, 6.07) is 0.644. The van der Waals surface area contributed by atoms with Crippen LogP contribution in [-0.2, 0) is 4.79 Å². The molecule has 0 radical (unpaired) electrons. The van der Waals surface area contributed by atoms with Crippen LogP contribution in [0.5, 0.6) is 0 Å². The average Bonchev–Trinajstić information content (AvgIpc) is 2.47. The van der Waals surface area contributed by atoms with E-state index in [2.05, 4.69) is 29.0 Å². The monoisotopic (exact) mass is 268 g/mol. The van der Waals surface area contributed by atoms with Crippen LogP contribution in [0.3, 0.4) is 0 Å². The molecule has 0 aromatic carbocycles. The Morgan fingerprint density at radius 2 is 1.74 bits per heavy atom. The van der Waals surface area contributed by atoms with Crippen LogP contribution in [0.2, 0.25) is 0 Å². The first-order valence-corrected chi connectivity index (χ1v) is 7.65. The Kier molecular flexibility index (Phi) is 5.60. The van der Waals surface area contributed by atoms with Crippen LogP contribution in [0, 0.1) is 0 Å². The topological polar surface area (TPSA) is 38.8 Å². The maximum Gasteiger partial charge on any atom is 0.236 e. The molecule has 2 heterocycles. The highest BCUT2D eigenvalue weighted by molar-refractivity contribution is 5.78. The van der Waals surface area contributed by atoms with Gasteiger partial charge in [-0.15, -0.1) is 0 Å². The maximum atomic E-state index is 12.3. The Labute approximate surface area is 116 Å². The molecular formula is C14H28N4O. The Morgan fingerprint density at radius 1 is 1.11 bits per heavy atom. The molecule has 1 amide bonds. The number of piperazine rings is 2. The summed E-state index contributed by atoms with van der Waals surface area (Å²) in [6.07, 6.45) is 1.19. The lowest BCUT2D eigenvalue weighted by Crippen LogP contribution is -2.54. The third-order valence-electron chi connectivity index (χ3n) is 4.45. The normalized spacial score (nSPS) is 24.4. The molecule has 1 unspecified atom stereocenters. The van der Waals surface area contributed by atoms with Crippen molar-refractivity contribution in [3.63, 3.8) is 0 Å². The van der Waals surface area contributed by atoms with E-state index in [9.17, 15) is 4.79 Å². The molecule has 0 aliphatic carbocycles. The molecule has 0 spiro atoms. The van der Waals surface area contributed by atoms with Crippen molar-refractivity contribution in [1.82, 2.24) is 20.0 Å². The molecular weight excluding hydrogens is 240 g/mol. The van der Waals surface area contributed by atoms with Gasteiger partial charge in [-0.25, -0.2) is 0 Å². The fourth-order valence-corrected chi connectivity index (χ4v) is 2.83. The molecule has 5 nitrogen and oxygen atoms in total. The first-order chi connectivity index (χ1) is 9.20. The van der Waals surface area contributed by atoms with Crippen LogP contribution >= 0.6 is 0 Å². The minimum absolute atomic E-state index is 0.311. The number of hydrogen-bond acceptors (Lipinski definition) is 4. The zero-order valence-corrected chi connectivity index (χ0v) is 12.4. The van der Waals surface area contributed by atoms with Crippen LogP contribution in [-0.4, -0.2) is 85.6 Å². The quantitative estimate of drug-likeness (QED) is 0.769. The van der Waals surface area contributed by atoms with Crippen molar-refractivity contribution in [2.75, 3.05) is 58.9 Å². The standard InChI is InChI=1S/C14H28N4O/c1-3-13(2)17-8-10-18(11-9-17)14(19)12-16-6-4-15-5-7-16/h13,15H,3-12H2,1-2H3. The first kappa shape index (κ1) is 14.8. The second kappa shape index (κ2) is 7.22. The van der Waals surface area contributed by atoms with E-state index < -0.39 is 0 Å². The van der Waals surface area contributed by atoms with Crippen molar-refractivity contribution >= 4 is 5.91 Å². The van der Waals surface area contributed by atoms with E-state index in [1.165, 1.54) is 6.42 Å². The lowest BCUT2D eigenvalue weighted by Gasteiger charge is -2.38. The van der Waals surface area contributed by atoms with Gasteiger partial charge in [-0.2, -0.15) is 0 Å². The SMILES string of the molecule is CCC(C)N1CCN(C(=O)CN2CCNCC2)CC1. The van der Waals surface area contributed by atoms with Gasteiger partial charge in [0.2, 0.25) is 5.91 Å². The Bertz CT molecular complexity index is 283. The first-order valence-electron chi connectivity index (χ1n) is 7.65. The number of hydrogen-bond donors (Lipinski definition) is 1. The van der Waals surface area contributed by atoms with Crippen LogP contribution in [0.25, 0.3) is 0 Å². The number of amides is 1. The molecule has 110 valence electrons. The lowest BCUT2D eigenvalue weighted by atomic mass is 10.2. The predicted octanol–water partition coefficient (Wildman–Crippen LogP) is -0.166. The van der Waals surface area contributed by atoms with E-state index in [0.717, 1.165) is 52.4 Å². The van der Waals surface area contributed by atoms with Crippen molar-refractivity contribution in [3.8, 4) is 0 Å². The van der Waals surface area contributed by atoms with E-state index in [1.54, 1.807) is 0 Å². The van der Waals surface area contributed by atoms with Gasteiger partial charge < -0.3 is 10.2 Å². The van der Waals surface area contributed by atoms with Gasteiger partial charge in [-0.05, 0) is 13.3 Å². The van der Waals surface area contributed by atoms with Crippen LogP contribution in [0.15, 0.2) is 0 Å². The summed E-state index contributed by atoms with van der Waals surface area (Å²) >= 11 is 0. The number of carbonyl (C=O) groups is 1. The summed E-state index contributed by atoms with van der Waals surface area (Å²) in [7, 11) is 0. The molecule has 0 saturated carbocycles. The highest BCUT2D eigenvalue weighted by atomic mass is 16.2. The molecule has 2 aliphatic rings. The largest absolute Gasteiger partial charge is 0.339 e. The van der Waals surface area contributed by atoms with E-state index in [0.29, 0.717) is 18.5 Å². The van der Waals surface area contributed by atoms with Gasteiger partial charge >= 0.3 is 0 Å². The highest BCUT2D eigenvalue weighted by Crippen LogP contribution is 2.09.